The monoisotopic (exact) mass is 325 g/mol. The molecule has 0 saturated heterocycles. The van der Waals surface area contributed by atoms with Crippen LogP contribution in [0.3, 0.4) is 0 Å². The molecule has 1 aliphatic carbocycles. The molecule has 1 saturated carbocycles. The Balaban J connectivity index is 2.90. The molecule has 0 aromatic heterocycles. The van der Waals surface area contributed by atoms with E-state index >= 15 is 0 Å². The molecule has 3 nitrogen and oxygen atoms in total. The van der Waals surface area contributed by atoms with Gasteiger partial charge in [0.05, 0.1) is 4.75 Å². The SMILES string of the molecule is CC1CCCC(CBr)(NS(=O)(=O)C(C)(C)C)C1. The van der Waals surface area contributed by atoms with E-state index in [0.29, 0.717) is 11.2 Å². The van der Waals surface area contributed by atoms with Gasteiger partial charge in [-0.3, -0.25) is 0 Å². The fourth-order valence-electron chi connectivity index (χ4n) is 2.34. The normalized spacial score (nSPS) is 31.5. The van der Waals surface area contributed by atoms with E-state index in [1.54, 1.807) is 20.8 Å². The van der Waals surface area contributed by atoms with E-state index in [-0.39, 0.29) is 5.54 Å². The molecule has 17 heavy (non-hydrogen) atoms. The lowest BCUT2D eigenvalue weighted by Gasteiger charge is -2.40. The van der Waals surface area contributed by atoms with E-state index in [9.17, 15) is 8.42 Å². The van der Waals surface area contributed by atoms with Crippen LogP contribution in [0.15, 0.2) is 0 Å². The Kier molecular flexibility index (Phi) is 4.70. The minimum Gasteiger partial charge on any atom is -0.212 e. The average molecular weight is 326 g/mol. The largest absolute Gasteiger partial charge is 0.217 e. The van der Waals surface area contributed by atoms with Crippen molar-refractivity contribution in [3.05, 3.63) is 0 Å². The number of sulfonamides is 1. The van der Waals surface area contributed by atoms with Crippen LogP contribution < -0.4 is 4.72 Å². The van der Waals surface area contributed by atoms with Crippen LogP contribution in [0, 0.1) is 5.92 Å². The Morgan fingerprint density at radius 1 is 1.41 bits per heavy atom. The minimum atomic E-state index is -3.27. The molecule has 5 heteroatoms. The number of rotatable bonds is 3. The van der Waals surface area contributed by atoms with Gasteiger partial charge < -0.3 is 0 Å². The van der Waals surface area contributed by atoms with Crippen LogP contribution in [0.2, 0.25) is 0 Å². The first-order valence-corrected chi connectivity index (χ1v) is 8.82. The van der Waals surface area contributed by atoms with Gasteiger partial charge in [-0.2, -0.15) is 0 Å². The van der Waals surface area contributed by atoms with E-state index in [1.807, 2.05) is 0 Å². The molecular weight excluding hydrogens is 302 g/mol. The summed E-state index contributed by atoms with van der Waals surface area (Å²) in [7, 11) is -3.27. The summed E-state index contributed by atoms with van der Waals surface area (Å²) in [6.45, 7) is 7.42. The number of alkyl halides is 1. The second-order valence-electron chi connectivity index (χ2n) is 6.33. The summed E-state index contributed by atoms with van der Waals surface area (Å²) in [4.78, 5) is 0. The average Bonchev–Trinajstić information content (AvgIpc) is 2.15. The molecule has 2 unspecified atom stereocenters. The van der Waals surface area contributed by atoms with Crippen molar-refractivity contribution in [2.75, 3.05) is 5.33 Å². The van der Waals surface area contributed by atoms with Gasteiger partial charge in [0.2, 0.25) is 10.0 Å². The first kappa shape index (κ1) is 15.4. The summed E-state index contributed by atoms with van der Waals surface area (Å²) in [5.41, 5.74) is -0.288. The quantitative estimate of drug-likeness (QED) is 0.810. The Bertz CT molecular complexity index is 361. The maximum absolute atomic E-state index is 12.3. The molecule has 0 heterocycles. The predicted octanol–water partition coefficient (Wildman–Crippen LogP) is 3.05. The van der Waals surface area contributed by atoms with Crippen LogP contribution in [0.4, 0.5) is 0 Å². The van der Waals surface area contributed by atoms with Crippen molar-refractivity contribution in [3.63, 3.8) is 0 Å². The summed E-state index contributed by atoms with van der Waals surface area (Å²) in [5.74, 6) is 0.587. The zero-order valence-corrected chi connectivity index (χ0v) is 13.6. The van der Waals surface area contributed by atoms with Gasteiger partial charge in [-0.15, -0.1) is 0 Å². The minimum absolute atomic E-state index is 0.288. The molecule has 1 rings (SSSR count). The highest BCUT2D eigenvalue weighted by Gasteiger charge is 2.41. The van der Waals surface area contributed by atoms with Gasteiger partial charge >= 0.3 is 0 Å². The third-order valence-corrected chi connectivity index (χ3v) is 6.89. The smallest absolute Gasteiger partial charge is 0.212 e. The van der Waals surface area contributed by atoms with Crippen LogP contribution in [-0.2, 0) is 10.0 Å². The third-order valence-electron chi connectivity index (χ3n) is 3.50. The third kappa shape index (κ3) is 3.67. The molecule has 0 spiro atoms. The summed E-state index contributed by atoms with van der Waals surface area (Å²) < 4.78 is 26.7. The summed E-state index contributed by atoms with van der Waals surface area (Å²) in [6.07, 6.45) is 4.15. The van der Waals surface area contributed by atoms with Crippen molar-refractivity contribution in [2.45, 2.75) is 63.7 Å². The molecule has 0 amide bonds. The van der Waals surface area contributed by atoms with Crippen molar-refractivity contribution in [3.8, 4) is 0 Å². The summed E-state index contributed by atoms with van der Waals surface area (Å²) in [5, 5.41) is 0.694. The second-order valence-corrected chi connectivity index (χ2v) is 9.33. The lowest BCUT2D eigenvalue weighted by atomic mass is 9.78. The van der Waals surface area contributed by atoms with Crippen LogP contribution >= 0.6 is 15.9 Å². The van der Waals surface area contributed by atoms with E-state index in [4.69, 9.17) is 0 Å². The van der Waals surface area contributed by atoms with Gasteiger partial charge in [0.25, 0.3) is 0 Å². The predicted molar refractivity (Wildman–Crippen MR) is 76.0 cm³/mol. The maximum atomic E-state index is 12.3. The molecule has 0 aromatic rings. The van der Waals surface area contributed by atoms with E-state index in [0.717, 1.165) is 19.3 Å². The van der Waals surface area contributed by atoms with E-state index in [2.05, 4.69) is 27.6 Å². The van der Waals surface area contributed by atoms with Crippen molar-refractivity contribution in [1.29, 1.82) is 0 Å². The highest BCUT2D eigenvalue weighted by Crippen LogP contribution is 2.35. The van der Waals surface area contributed by atoms with Gasteiger partial charge in [-0.05, 0) is 39.5 Å². The van der Waals surface area contributed by atoms with Gasteiger partial charge in [0.1, 0.15) is 0 Å². The molecule has 0 radical (unpaired) electrons. The zero-order chi connectivity index (χ0) is 13.3. The molecule has 1 fully saturated rings. The molecule has 102 valence electrons. The van der Waals surface area contributed by atoms with Crippen molar-refractivity contribution >= 4 is 26.0 Å². The Morgan fingerprint density at radius 3 is 2.41 bits per heavy atom. The van der Waals surface area contributed by atoms with E-state index in [1.165, 1.54) is 6.42 Å². The van der Waals surface area contributed by atoms with Crippen LogP contribution in [-0.4, -0.2) is 24.0 Å². The molecule has 0 aliphatic heterocycles. The number of hydrogen-bond donors (Lipinski definition) is 1. The second kappa shape index (κ2) is 5.17. The van der Waals surface area contributed by atoms with Crippen LogP contribution in [0.25, 0.3) is 0 Å². The molecular formula is C12H24BrNO2S. The van der Waals surface area contributed by atoms with Gasteiger partial charge in [-0.1, -0.05) is 35.7 Å². The van der Waals surface area contributed by atoms with Gasteiger partial charge in [0, 0.05) is 10.9 Å². The van der Waals surface area contributed by atoms with Crippen molar-refractivity contribution in [2.24, 2.45) is 5.92 Å². The molecule has 1 aliphatic rings. The lowest BCUT2D eigenvalue weighted by Crippen LogP contribution is -2.56. The lowest BCUT2D eigenvalue weighted by molar-refractivity contribution is 0.240. The highest BCUT2D eigenvalue weighted by atomic mass is 79.9. The molecule has 0 aromatic carbocycles. The summed E-state index contributed by atoms with van der Waals surface area (Å²) in [6, 6.07) is 0. The molecule has 2 atom stereocenters. The number of nitrogens with one attached hydrogen (secondary N) is 1. The highest BCUT2D eigenvalue weighted by molar-refractivity contribution is 9.09. The van der Waals surface area contributed by atoms with Crippen molar-refractivity contribution < 1.29 is 8.42 Å². The fourth-order valence-corrected chi connectivity index (χ4v) is 4.31. The van der Waals surface area contributed by atoms with Gasteiger partial charge in [-0.25, -0.2) is 13.1 Å². The van der Waals surface area contributed by atoms with E-state index < -0.39 is 14.8 Å². The zero-order valence-electron chi connectivity index (χ0n) is 11.2. The Hall–Kier alpha value is 0.390. The molecule has 1 N–H and O–H groups in total. The van der Waals surface area contributed by atoms with Crippen LogP contribution in [0.1, 0.15) is 53.4 Å². The number of halogens is 1. The van der Waals surface area contributed by atoms with Crippen molar-refractivity contribution in [1.82, 2.24) is 4.72 Å². The summed E-state index contributed by atoms with van der Waals surface area (Å²) >= 11 is 3.49. The standard InChI is InChI=1S/C12H24BrNO2S/c1-10-6-5-7-12(8-10,9-13)14-17(15,16)11(2,3)4/h10,14H,5-9H2,1-4H3. The molecule has 0 bridgehead atoms. The number of hydrogen-bond acceptors (Lipinski definition) is 2. The van der Waals surface area contributed by atoms with Crippen LogP contribution in [0.5, 0.6) is 0 Å². The first-order chi connectivity index (χ1) is 7.62. The maximum Gasteiger partial charge on any atom is 0.217 e. The Labute approximate surface area is 114 Å². The fraction of sp³-hybridized carbons (Fsp3) is 1.00. The Morgan fingerprint density at radius 2 is 2.00 bits per heavy atom. The topological polar surface area (TPSA) is 46.2 Å². The van der Waals surface area contributed by atoms with Gasteiger partial charge in [0.15, 0.2) is 0 Å². The first-order valence-electron chi connectivity index (χ1n) is 6.21.